The van der Waals surface area contributed by atoms with Crippen LogP contribution in [0.15, 0.2) is 17.6 Å². The van der Waals surface area contributed by atoms with Crippen LogP contribution in [0.2, 0.25) is 0 Å². The predicted octanol–water partition coefficient (Wildman–Crippen LogP) is 2.52. The lowest BCUT2D eigenvalue weighted by molar-refractivity contribution is 0.696. The van der Waals surface area contributed by atoms with Gasteiger partial charge in [-0.05, 0) is 36.9 Å². The number of nitrogens with zero attached hydrogens (tertiary/aromatic N) is 3. The van der Waals surface area contributed by atoms with Crippen LogP contribution < -0.4 is 10.2 Å². The predicted molar refractivity (Wildman–Crippen MR) is 83.2 cm³/mol. The first-order valence-electron chi connectivity index (χ1n) is 7.11. The molecule has 0 fully saturated rings. The first kappa shape index (κ1) is 13.5. The minimum atomic E-state index is 0.845. The van der Waals surface area contributed by atoms with Crippen LogP contribution in [0.4, 0.5) is 5.95 Å². The van der Waals surface area contributed by atoms with E-state index in [4.69, 9.17) is 0 Å². The summed E-state index contributed by atoms with van der Waals surface area (Å²) in [6.07, 6.45) is 3.07. The molecule has 1 aliphatic heterocycles. The van der Waals surface area contributed by atoms with Gasteiger partial charge in [-0.1, -0.05) is 6.92 Å². The van der Waals surface area contributed by atoms with Crippen molar-refractivity contribution in [3.8, 4) is 0 Å². The fraction of sp³-hybridized carbons (Fsp3) is 0.467. The van der Waals surface area contributed by atoms with Crippen molar-refractivity contribution in [1.82, 2.24) is 15.3 Å². The highest BCUT2D eigenvalue weighted by molar-refractivity contribution is 7.10. The molecule has 0 bridgehead atoms. The second-order valence-corrected chi connectivity index (χ2v) is 6.10. The number of thiophene rings is 1. The second kappa shape index (κ2) is 5.89. The van der Waals surface area contributed by atoms with Gasteiger partial charge in [0.2, 0.25) is 5.95 Å². The van der Waals surface area contributed by atoms with Gasteiger partial charge in [0.15, 0.2) is 0 Å². The monoisotopic (exact) mass is 288 g/mol. The maximum absolute atomic E-state index is 4.69. The zero-order chi connectivity index (χ0) is 13.9. The molecule has 20 heavy (non-hydrogen) atoms. The Morgan fingerprint density at radius 1 is 1.45 bits per heavy atom. The van der Waals surface area contributed by atoms with Crippen LogP contribution in [-0.4, -0.2) is 23.1 Å². The number of hydrogen-bond acceptors (Lipinski definition) is 5. The number of hydrogen-bond donors (Lipinski definition) is 1. The Kier molecular flexibility index (Phi) is 3.98. The van der Waals surface area contributed by atoms with Gasteiger partial charge in [0.1, 0.15) is 0 Å². The van der Waals surface area contributed by atoms with Crippen molar-refractivity contribution in [1.29, 1.82) is 0 Å². The van der Waals surface area contributed by atoms with Crippen LogP contribution in [0.5, 0.6) is 0 Å². The van der Waals surface area contributed by atoms with Crippen LogP contribution in [0.1, 0.15) is 28.6 Å². The minimum Gasteiger partial charge on any atom is -0.336 e. The molecule has 0 spiro atoms. The molecule has 3 heterocycles. The van der Waals surface area contributed by atoms with E-state index in [9.17, 15) is 0 Å². The third kappa shape index (κ3) is 2.69. The summed E-state index contributed by atoms with van der Waals surface area (Å²) >= 11 is 1.86. The van der Waals surface area contributed by atoms with E-state index in [-0.39, 0.29) is 0 Å². The summed E-state index contributed by atoms with van der Waals surface area (Å²) in [6.45, 7) is 7.93. The molecule has 4 nitrogen and oxygen atoms in total. The summed E-state index contributed by atoms with van der Waals surface area (Å²) in [4.78, 5) is 13.0. The van der Waals surface area contributed by atoms with Gasteiger partial charge in [-0.2, -0.15) is 0 Å². The van der Waals surface area contributed by atoms with Gasteiger partial charge in [0.05, 0.1) is 0 Å². The number of anilines is 1. The van der Waals surface area contributed by atoms with Gasteiger partial charge >= 0.3 is 0 Å². The fourth-order valence-corrected chi connectivity index (χ4v) is 3.37. The normalized spacial score (nSPS) is 14.4. The van der Waals surface area contributed by atoms with E-state index in [1.165, 1.54) is 16.0 Å². The lowest BCUT2D eigenvalue weighted by Crippen LogP contribution is -2.31. The maximum atomic E-state index is 4.69. The Morgan fingerprint density at radius 3 is 3.15 bits per heavy atom. The molecule has 0 aliphatic carbocycles. The zero-order valence-electron chi connectivity index (χ0n) is 12.0. The van der Waals surface area contributed by atoms with Crippen molar-refractivity contribution in [2.24, 2.45) is 0 Å². The Hall–Kier alpha value is -1.46. The number of aromatic nitrogens is 2. The molecule has 0 radical (unpaired) electrons. The quantitative estimate of drug-likeness (QED) is 0.938. The van der Waals surface area contributed by atoms with Crippen molar-refractivity contribution in [2.75, 3.05) is 18.0 Å². The van der Waals surface area contributed by atoms with Gasteiger partial charge < -0.3 is 10.2 Å². The van der Waals surface area contributed by atoms with Crippen molar-refractivity contribution in [3.63, 3.8) is 0 Å². The molecule has 0 unspecified atom stereocenters. The highest BCUT2D eigenvalue weighted by atomic mass is 32.1. The van der Waals surface area contributed by atoms with E-state index in [1.807, 2.05) is 17.5 Å². The van der Waals surface area contributed by atoms with E-state index in [0.717, 1.165) is 44.2 Å². The smallest absolute Gasteiger partial charge is 0.225 e. The van der Waals surface area contributed by atoms with E-state index in [0.29, 0.717) is 0 Å². The van der Waals surface area contributed by atoms with Gasteiger partial charge in [-0.3, -0.25) is 0 Å². The number of fused-ring (bicyclic) bond motifs is 1. The van der Waals surface area contributed by atoms with E-state index >= 15 is 0 Å². The lowest BCUT2D eigenvalue weighted by Gasteiger charge is -2.27. The molecule has 0 aromatic carbocycles. The van der Waals surface area contributed by atoms with Gasteiger partial charge in [-0.15, -0.1) is 11.3 Å². The van der Waals surface area contributed by atoms with Gasteiger partial charge in [-0.25, -0.2) is 9.97 Å². The van der Waals surface area contributed by atoms with Crippen LogP contribution in [0.3, 0.4) is 0 Å². The summed E-state index contributed by atoms with van der Waals surface area (Å²) in [7, 11) is 0. The molecule has 106 valence electrons. The van der Waals surface area contributed by atoms with Crippen molar-refractivity contribution < 1.29 is 0 Å². The average Bonchev–Trinajstić information content (AvgIpc) is 2.93. The van der Waals surface area contributed by atoms with Gasteiger partial charge in [0, 0.05) is 42.0 Å². The van der Waals surface area contributed by atoms with E-state index in [1.54, 1.807) is 0 Å². The number of nitrogens with one attached hydrogen (secondary N) is 1. The molecule has 3 rings (SSSR count). The molecule has 1 N–H and O–H groups in total. The molecule has 0 saturated heterocycles. The van der Waals surface area contributed by atoms with Crippen molar-refractivity contribution in [2.45, 2.75) is 33.4 Å². The molecule has 2 aromatic heterocycles. The zero-order valence-corrected chi connectivity index (χ0v) is 12.8. The van der Waals surface area contributed by atoms with E-state index in [2.05, 4.69) is 45.5 Å². The summed E-state index contributed by atoms with van der Waals surface area (Å²) in [5.74, 6) is 0.861. The highest BCUT2D eigenvalue weighted by Gasteiger charge is 2.19. The average molecular weight is 288 g/mol. The molecule has 5 heteroatoms. The largest absolute Gasteiger partial charge is 0.336 e. The summed E-state index contributed by atoms with van der Waals surface area (Å²) in [5, 5.41) is 5.50. The third-order valence-corrected chi connectivity index (χ3v) is 4.75. The van der Waals surface area contributed by atoms with Gasteiger partial charge in [0.25, 0.3) is 0 Å². The third-order valence-electron chi connectivity index (χ3n) is 3.72. The first-order valence-corrected chi connectivity index (χ1v) is 7.99. The summed E-state index contributed by atoms with van der Waals surface area (Å²) in [5.41, 5.74) is 3.69. The highest BCUT2D eigenvalue weighted by Crippen LogP contribution is 2.26. The fourth-order valence-electron chi connectivity index (χ4n) is 2.48. The van der Waals surface area contributed by atoms with Crippen LogP contribution in [-0.2, 0) is 19.5 Å². The molecule has 0 saturated carbocycles. The molecular formula is C15H20N4S. The Labute approximate surface area is 123 Å². The second-order valence-electron chi connectivity index (χ2n) is 5.10. The maximum Gasteiger partial charge on any atom is 0.225 e. The SMILES string of the molecule is CCNCc1cnc(N2CCc3sccc3C2)nc1C. The Balaban J connectivity index is 1.76. The summed E-state index contributed by atoms with van der Waals surface area (Å²) in [6, 6.07) is 2.22. The Morgan fingerprint density at radius 2 is 2.35 bits per heavy atom. The van der Waals surface area contributed by atoms with E-state index < -0.39 is 0 Å². The van der Waals surface area contributed by atoms with Crippen molar-refractivity contribution in [3.05, 3.63) is 39.3 Å². The Bertz CT molecular complexity index is 593. The topological polar surface area (TPSA) is 41.1 Å². The lowest BCUT2D eigenvalue weighted by atomic mass is 10.1. The molecule has 2 aromatic rings. The number of aryl methyl sites for hydroxylation is 1. The minimum absolute atomic E-state index is 0.845. The number of rotatable bonds is 4. The molecule has 1 aliphatic rings. The van der Waals surface area contributed by atoms with Crippen molar-refractivity contribution >= 4 is 17.3 Å². The van der Waals surface area contributed by atoms with Crippen LogP contribution in [0.25, 0.3) is 0 Å². The molecule has 0 atom stereocenters. The molecule has 0 amide bonds. The molecular weight excluding hydrogens is 268 g/mol. The summed E-state index contributed by atoms with van der Waals surface area (Å²) < 4.78 is 0. The van der Waals surface area contributed by atoms with Crippen LogP contribution >= 0.6 is 11.3 Å². The van der Waals surface area contributed by atoms with Crippen LogP contribution in [0, 0.1) is 6.92 Å². The standard InChI is InChI=1S/C15H20N4S/c1-3-16-8-13-9-17-15(18-11(13)2)19-6-4-14-12(10-19)5-7-20-14/h5,7,9,16H,3-4,6,8,10H2,1-2H3. The first-order chi connectivity index (χ1) is 9.78.